The quantitative estimate of drug-likeness (QED) is 0.736. The molecule has 0 bridgehead atoms. The van der Waals surface area contributed by atoms with Crippen LogP contribution < -0.4 is 11.1 Å². The number of nitrogens with one attached hydrogen (secondary N) is 1. The lowest BCUT2D eigenvalue weighted by atomic mass is 10.1. The largest absolute Gasteiger partial charge is 0.399 e. The monoisotopic (exact) mass is 304 g/mol. The van der Waals surface area contributed by atoms with Crippen LogP contribution in [0.15, 0.2) is 24.3 Å². The number of hydrogen-bond donors (Lipinski definition) is 2. The maximum atomic E-state index is 12.4. The van der Waals surface area contributed by atoms with E-state index in [9.17, 15) is 4.79 Å². The molecule has 0 aliphatic rings. The number of hydrogen-bond acceptors (Lipinski definition) is 3. The Kier molecular flexibility index (Phi) is 5.62. The number of fused-ring (bicyclic) bond motifs is 1. The van der Waals surface area contributed by atoms with Gasteiger partial charge in [0.1, 0.15) is 0 Å². The number of nitrogen functional groups attached to an aromatic ring is 1. The van der Waals surface area contributed by atoms with Gasteiger partial charge in [-0.15, -0.1) is 11.3 Å². The molecule has 1 heterocycles. The Labute approximate surface area is 130 Å². The third kappa shape index (κ3) is 4.21. The van der Waals surface area contributed by atoms with Gasteiger partial charge in [-0.2, -0.15) is 0 Å². The number of unbranched alkanes of at least 4 members (excludes halogenated alkanes) is 1. The molecule has 0 saturated carbocycles. The predicted molar refractivity (Wildman–Crippen MR) is 91.9 cm³/mol. The molecule has 1 amide bonds. The molecular formula is C17H24N2OS. The van der Waals surface area contributed by atoms with Gasteiger partial charge in [-0.3, -0.25) is 4.79 Å². The molecule has 0 spiro atoms. The van der Waals surface area contributed by atoms with E-state index in [0.29, 0.717) is 0 Å². The number of amides is 1. The van der Waals surface area contributed by atoms with Crippen molar-refractivity contribution in [3.63, 3.8) is 0 Å². The molecule has 2 rings (SSSR count). The van der Waals surface area contributed by atoms with E-state index in [-0.39, 0.29) is 11.9 Å². The number of carbonyl (C=O) groups is 1. The summed E-state index contributed by atoms with van der Waals surface area (Å²) in [6.45, 7) is 4.34. The van der Waals surface area contributed by atoms with Crippen LogP contribution in [0.2, 0.25) is 0 Å². The first kappa shape index (κ1) is 15.8. The lowest BCUT2D eigenvalue weighted by Gasteiger charge is -2.17. The zero-order valence-corrected chi connectivity index (χ0v) is 13.6. The molecule has 114 valence electrons. The van der Waals surface area contributed by atoms with Crippen LogP contribution in [0.1, 0.15) is 55.6 Å². The molecule has 3 nitrogen and oxygen atoms in total. The maximum absolute atomic E-state index is 12.4. The van der Waals surface area contributed by atoms with Gasteiger partial charge in [0.2, 0.25) is 0 Å². The molecule has 0 saturated heterocycles. The SMILES string of the molecule is CCCCC(CCC)NC(=O)c1cc2cc(N)ccc2s1. The van der Waals surface area contributed by atoms with Gasteiger partial charge in [0.15, 0.2) is 0 Å². The Bertz CT molecular complexity index is 606. The third-order valence-corrected chi connectivity index (χ3v) is 4.76. The summed E-state index contributed by atoms with van der Waals surface area (Å²) in [4.78, 5) is 13.2. The number of thiophene rings is 1. The molecule has 1 unspecified atom stereocenters. The molecule has 1 aromatic heterocycles. The van der Waals surface area contributed by atoms with Crippen LogP contribution in [-0.4, -0.2) is 11.9 Å². The van der Waals surface area contributed by atoms with Crippen LogP contribution in [0, 0.1) is 0 Å². The summed E-state index contributed by atoms with van der Waals surface area (Å²) in [5, 5.41) is 4.23. The Morgan fingerprint density at radius 3 is 2.76 bits per heavy atom. The minimum absolute atomic E-state index is 0.0457. The fourth-order valence-electron chi connectivity index (χ4n) is 2.52. The van der Waals surface area contributed by atoms with Crippen LogP contribution >= 0.6 is 11.3 Å². The van der Waals surface area contributed by atoms with Crippen LogP contribution in [0.25, 0.3) is 10.1 Å². The van der Waals surface area contributed by atoms with E-state index in [1.165, 1.54) is 11.3 Å². The second kappa shape index (κ2) is 7.46. The molecule has 4 heteroatoms. The van der Waals surface area contributed by atoms with Gasteiger partial charge >= 0.3 is 0 Å². The van der Waals surface area contributed by atoms with Crippen molar-refractivity contribution in [2.24, 2.45) is 0 Å². The van der Waals surface area contributed by atoms with Crippen molar-refractivity contribution in [3.8, 4) is 0 Å². The zero-order valence-electron chi connectivity index (χ0n) is 12.8. The predicted octanol–water partition coefficient (Wildman–Crippen LogP) is 4.57. The van der Waals surface area contributed by atoms with Crippen LogP contribution in [-0.2, 0) is 0 Å². The van der Waals surface area contributed by atoms with Crippen LogP contribution in [0.4, 0.5) is 5.69 Å². The minimum Gasteiger partial charge on any atom is -0.399 e. The number of benzene rings is 1. The molecule has 1 aromatic carbocycles. The highest BCUT2D eigenvalue weighted by molar-refractivity contribution is 7.20. The van der Waals surface area contributed by atoms with Crippen molar-refractivity contribution in [2.45, 2.75) is 52.0 Å². The average Bonchev–Trinajstić information content (AvgIpc) is 2.88. The van der Waals surface area contributed by atoms with E-state index in [0.717, 1.165) is 52.8 Å². The van der Waals surface area contributed by atoms with Crippen molar-refractivity contribution in [1.82, 2.24) is 5.32 Å². The Morgan fingerprint density at radius 1 is 1.24 bits per heavy atom. The van der Waals surface area contributed by atoms with Gasteiger partial charge in [-0.1, -0.05) is 33.1 Å². The van der Waals surface area contributed by atoms with E-state index in [1.807, 2.05) is 24.3 Å². The second-order valence-corrected chi connectivity index (χ2v) is 6.59. The van der Waals surface area contributed by atoms with Gasteiger partial charge in [-0.25, -0.2) is 0 Å². The van der Waals surface area contributed by atoms with E-state index in [1.54, 1.807) is 0 Å². The summed E-state index contributed by atoms with van der Waals surface area (Å²) >= 11 is 1.53. The molecule has 0 fully saturated rings. The molecule has 0 aliphatic carbocycles. The lowest BCUT2D eigenvalue weighted by Crippen LogP contribution is -2.34. The number of rotatable bonds is 7. The van der Waals surface area contributed by atoms with Crippen molar-refractivity contribution < 1.29 is 4.79 Å². The summed E-state index contributed by atoms with van der Waals surface area (Å²) in [5.74, 6) is 0.0457. The summed E-state index contributed by atoms with van der Waals surface area (Å²) in [6, 6.07) is 8.00. The van der Waals surface area contributed by atoms with Crippen molar-refractivity contribution in [3.05, 3.63) is 29.1 Å². The number of anilines is 1. The first-order valence-corrected chi connectivity index (χ1v) is 8.55. The Hall–Kier alpha value is -1.55. The highest BCUT2D eigenvalue weighted by Gasteiger charge is 2.15. The fourth-order valence-corrected chi connectivity index (χ4v) is 3.46. The Balaban J connectivity index is 2.09. The summed E-state index contributed by atoms with van der Waals surface area (Å²) in [7, 11) is 0. The molecule has 3 N–H and O–H groups in total. The highest BCUT2D eigenvalue weighted by Crippen LogP contribution is 2.27. The van der Waals surface area contributed by atoms with Crippen molar-refractivity contribution in [2.75, 3.05) is 5.73 Å². The average molecular weight is 304 g/mol. The standard InChI is InChI=1S/C17H24N2OS/c1-3-5-7-14(6-4-2)19-17(20)16-11-12-10-13(18)8-9-15(12)21-16/h8-11,14H,3-7,18H2,1-2H3,(H,19,20). The molecular weight excluding hydrogens is 280 g/mol. The van der Waals surface area contributed by atoms with Gasteiger partial charge in [0.25, 0.3) is 5.91 Å². The number of carbonyl (C=O) groups excluding carboxylic acids is 1. The molecule has 1 atom stereocenters. The summed E-state index contributed by atoms with van der Waals surface area (Å²) < 4.78 is 1.11. The smallest absolute Gasteiger partial charge is 0.261 e. The van der Waals surface area contributed by atoms with Gasteiger partial charge < -0.3 is 11.1 Å². The van der Waals surface area contributed by atoms with E-state index >= 15 is 0 Å². The second-order valence-electron chi connectivity index (χ2n) is 5.51. The van der Waals surface area contributed by atoms with E-state index in [4.69, 9.17) is 5.73 Å². The third-order valence-electron chi connectivity index (χ3n) is 3.64. The summed E-state index contributed by atoms with van der Waals surface area (Å²) in [5.41, 5.74) is 6.52. The van der Waals surface area contributed by atoms with Gasteiger partial charge in [0.05, 0.1) is 4.88 Å². The number of nitrogens with two attached hydrogens (primary N) is 1. The van der Waals surface area contributed by atoms with Crippen LogP contribution in [0.3, 0.4) is 0 Å². The van der Waals surface area contributed by atoms with Crippen molar-refractivity contribution in [1.29, 1.82) is 0 Å². The highest BCUT2D eigenvalue weighted by atomic mass is 32.1. The zero-order chi connectivity index (χ0) is 15.2. The van der Waals surface area contributed by atoms with Gasteiger partial charge in [-0.05, 0) is 42.5 Å². The van der Waals surface area contributed by atoms with E-state index < -0.39 is 0 Å². The minimum atomic E-state index is 0.0457. The fraction of sp³-hybridized carbons (Fsp3) is 0.471. The summed E-state index contributed by atoms with van der Waals surface area (Å²) in [6.07, 6.45) is 5.53. The van der Waals surface area contributed by atoms with Crippen LogP contribution in [0.5, 0.6) is 0 Å². The molecule has 0 radical (unpaired) electrons. The maximum Gasteiger partial charge on any atom is 0.261 e. The van der Waals surface area contributed by atoms with E-state index in [2.05, 4.69) is 19.2 Å². The Morgan fingerprint density at radius 2 is 2.05 bits per heavy atom. The lowest BCUT2D eigenvalue weighted by molar-refractivity contribution is 0.0936. The topological polar surface area (TPSA) is 55.1 Å². The van der Waals surface area contributed by atoms with Crippen molar-refractivity contribution >= 4 is 33.0 Å². The van der Waals surface area contributed by atoms with Gasteiger partial charge in [0, 0.05) is 16.4 Å². The molecule has 0 aliphatic heterocycles. The molecule has 2 aromatic rings. The first-order valence-electron chi connectivity index (χ1n) is 7.74. The molecule has 21 heavy (non-hydrogen) atoms. The first-order chi connectivity index (χ1) is 10.1. The normalized spacial score (nSPS) is 12.5.